The molecular weight excluding hydrogens is 465 g/mol. The Balaban J connectivity index is 1.72. The maximum atomic E-state index is 13.8. The number of alkyl halides is 3. The van der Waals surface area contributed by atoms with Gasteiger partial charge in [-0.15, -0.1) is 0 Å². The first-order valence-corrected chi connectivity index (χ1v) is 10.6. The molecule has 4 aromatic rings. The van der Waals surface area contributed by atoms with E-state index in [2.05, 4.69) is 20.5 Å². The van der Waals surface area contributed by atoms with E-state index in [1.807, 2.05) is 0 Å². The minimum Gasteiger partial charge on any atom is -0.462 e. The van der Waals surface area contributed by atoms with Crippen molar-refractivity contribution in [1.29, 1.82) is 0 Å². The highest BCUT2D eigenvalue weighted by atomic mass is 19.4. The number of hydrogen-bond donors (Lipinski definition) is 1. The van der Waals surface area contributed by atoms with Crippen LogP contribution >= 0.6 is 0 Å². The molecule has 0 spiro atoms. The van der Waals surface area contributed by atoms with E-state index in [0.29, 0.717) is 32.7 Å². The standard InChI is InChI=1S/C23H21F3N6O3/c1-5-35-22(34)17-11-27-32(19(17)23(24,25)26)15-8-6-7-14(10-15)29-21(33)16-9-12(2)28-20-18(16)13(3)30-31(20)4/h6-11H,5H2,1-4H3,(H,29,33). The zero-order valence-electron chi connectivity index (χ0n) is 19.3. The van der Waals surface area contributed by atoms with Crippen molar-refractivity contribution in [3.05, 3.63) is 64.7 Å². The van der Waals surface area contributed by atoms with Crippen molar-refractivity contribution in [2.24, 2.45) is 7.05 Å². The van der Waals surface area contributed by atoms with E-state index >= 15 is 0 Å². The van der Waals surface area contributed by atoms with Crippen LogP contribution in [0.5, 0.6) is 0 Å². The summed E-state index contributed by atoms with van der Waals surface area (Å²) < 4.78 is 48.4. The van der Waals surface area contributed by atoms with Crippen molar-refractivity contribution in [2.45, 2.75) is 26.9 Å². The molecule has 0 unspecified atom stereocenters. The topological polar surface area (TPSA) is 104 Å². The maximum absolute atomic E-state index is 13.8. The van der Waals surface area contributed by atoms with Gasteiger partial charge in [-0.1, -0.05) is 6.07 Å². The number of hydrogen-bond acceptors (Lipinski definition) is 6. The number of carbonyl (C=O) groups is 2. The summed E-state index contributed by atoms with van der Waals surface area (Å²) in [5, 5.41) is 11.4. The van der Waals surface area contributed by atoms with Gasteiger partial charge in [0.25, 0.3) is 5.91 Å². The average molecular weight is 486 g/mol. The smallest absolute Gasteiger partial charge is 0.434 e. The third kappa shape index (κ3) is 4.46. The molecule has 0 fully saturated rings. The molecule has 182 valence electrons. The van der Waals surface area contributed by atoms with Gasteiger partial charge in [0.15, 0.2) is 11.3 Å². The van der Waals surface area contributed by atoms with E-state index in [1.165, 1.54) is 31.2 Å². The number of nitrogens with zero attached hydrogens (tertiary/aromatic N) is 5. The Morgan fingerprint density at radius 1 is 1.14 bits per heavy atom. The second kappa shape index (κ2) is 8.85. The number of nitrogens with one attached hydrogen (secondary N) is 1. The van der Waals surface area contributed by atoms with E-state index in [4.69, 9.17) is 4.74 Å². The molecule has 0 aliphatic heterocycles. The fourth-order valence-electron chi connectivity index (χ4n) is 3.84. The van der Waals surface area contributed by atoms with Crippen LogP contribution < -0.4 is 5.32 Å². The van der Waals surface area contributed by atoms with Gasteiger partial charge in [0.1, 0.15) is 5.56 Å². The highest BCUT2D eigenvalue weighted by molar-refractivity contribution is 6.12. The lowest BCUT2D eigenvalue weighted by atomic mass is 10.1. The van der Waals surface area contributed by atoms with Crippen LogP contribution in [-0.2, 0) is 18.0 Å². The summed E-state index contributed by atoms with van der Waals surface area (Å²) in [6.45, 7) is 4.92. The maximum Gasteiger partial charge on any atom is 0.434 e. The van der Waals surface area contributed by atoms with Crippen molar-refractivity contribution in [1.82, 2.24) is 24.5 Å². The lowest BCUT2D eigenvalue weighted by molar-refractivity contribution is -0.143. The van der Waals surface area contributed by atoms with Gasteiger partial charge < -0.3 is 10.1 Å². The first-order chi connectivity index (χ1) is 16.5. The highest BCUT2D eigenvalue weighted by Gasteiger charge is 2.41. The number of ether oxygens (including phenoxy) is 1. The molecular formula is C23H21F3N6O3. The molecule has 35 heavy (non-hydrogen) atoms. The summed E-state index contributed by atoms with van der Waals surface area (Å²) in [6, 6.07) is 7.34. The van der Waals surface area contributed by atoms with Gasteiger partial charge in [-0.25, -0.2) is 14.5 Å². The molecule has 1 amide bonds. The van der Waals surface area contributed by atoms with Crippen LogP contribution in [0.2, 0.25) is 0 Å². The molecule has 3 heterocycles. The minimum absolute atomic E-state index is 0.000660. The molecule has 12 heteroatoms. The van der Waals surface area contributed by atoms with Crippen molar-refractivity contribution in [3.63, 3.8) is 0 Å². The molecule has 9 nitrogen and oxygen atoms in total. The first-order valence-electron chi connectivity index (χ1n) is 10.6. The number of anilines is 1. The SMILES string of the molecule is CCOC(=O)c1cnn(-c2cccc(NC(=O)c3cc(C)nc4c3c(C)nn4C)c2)c1C(F)(F)F. The number of benzene rings is 1. The zero-order chi connectivity index (χ0) is 25.5. The van der Waals surface area contributed by atoms with Gasteiger partial charge in [0.2, 0.25) is 0 Å². The van der Waals surface area contributed by atoms with Gasteiger partial charge in [-0.2, -0.15) is 23.4 Å². The quantitative estimate of drug-likeness (QED) is 0.424. The van der Waals surface area contributed by atoms with E-state index < -0.39 is 29.3 Å². The molecule has 0 aliphatic rings. The number of aromatic nitrogens is 5. The third-order valence-electron chi connectivity index (χ3n) is 5.22. The molecule has 0 saturated heterocycles. The summed E-state index contributed by atoms with van der Waals surface area (Å²) in [5.41, 5.74) is 0.371. The Hall–Kier alpha value is -4.22. The summed E-state index contributed by atoms with van der Waals surface area (Å²) in [7, 11) is 1.72. The van der Waals surface area contributed by atoms with Crippen molar-refractivity contribution < 1.29 is 27.5 Å². The molecule has 3 aromatic heterocycles. The molecule has 4 rings (SSSR count). The zero-order valence-corrected chi connectivity index (χ0v) is 19.3. The first kappa shape index (κ1) is 23.9. The van der Waals surface area contributed by atoms with Crippen LogP contribution in [0, 0.1) is 13.8 Å². The molecule has 0 aliphatic carbocycles. The van der Waals surface area contributed by atoms with Crippen LogP contribution in [-0.4, -0.2) is 43.0 Å². The Labute approximate surface area is 197 Å². The Kier molecular flexibility index (Phi) is 6.05. The summed E-state index contributed by atoms with van der Waals surface area (Å²) in [4.78, 5) is 29.6. The van der Waals surface area contributed by atoms with Crippen molar-refractivity contribution in [2.75, 3.05) is 11.9 Å². The van der Waals surface area contributed by atoms with E-state index in [-0.39, 0.29) is 18.0 Å². The van der Waals surface area contributed by atoms with Gasteiger partial charge >= 0.3 is 12.1 Å². The Morgan fingerprint density at radius 2 is 1.89 bits per heavy atom. The molecule has 1 aromatic carbocycles. The number of halogens is 3. The molecule has 0 atom stereocenters. The number of fused-ring (bicyclic) bond motifs is 1. The van der Waals surface area contributed by atoms with Gasteiger partial charge in [-0.3, -0.25) is 9.48 Å². The van der Waals surface area contributed by atoms with Gasteiger partial charge in [0, 0.05) is 18.4 Å². The van der Waals surface area contributed by atoms with Crippen LogP contribution in [0.1, 0.15) is 44.7 Å². The molecule has 0 saturated carbocycles. The van der Waals surface area contributed by atoms with E-state index in [0.717, 1.165) is 6.20 Å². The molecule has 1 N–H and O–H groups in total. The number of rotatable bonds is 5. The van der Waals surface area contributed by atoms with Crippen molar-refractivity contribution >= 4 is 28.6 Å². The van der Waals surface area contributed by atoms with E-state index in [1.54, 1.807) is 31.6 Å². The number of carbonyl (C=O) groups excluding carboxylic acids is 2. The molecule has 0 radical (unpaired) electrons. The average Bonchev–Trinajstić information content (AvgIpc) is 3.35. The largest absolute Gasteiger partial charge is 0.462 e. The monoisotopic (exact) mass is 486 g/mol. The number of pyridine rings is 1. The normalized spacial score (nSPS) is 11.6. The number of aryl methyl sites for hydroxylation is 3. The van der Waals surface area contributed by atoms with Crippen molar-refractivity contribution in [3.8, 4) is 5.69 Å². The second-order valence-electron chi connectivity index (χ2n) is 7.76. The lowest BCUT2D eigenvalue weighted by Gasteiger charge is -2.14. The van der Waals surface area contributed by atoms with Crippen LogP contribution in [0.15, 0.2) is 36.5 Å². The highest BCUT2D eigenvalue weighted by Crippen LogP contribution is 2.34. The third-order valence-corrected chi connectivity index (χ3v) is 5.22. The number of amides is 1. The molecule has 0 bridgehead atoms. The Morgan fingerprint density at radius 3 is 2.57 bits per heavy atom. The fourth-order valence-corrected chi connectivity index (χ4v) is 3.84. The van der Waals surface area contributed by atoms with E-state index in [9.17, 15) is 22.8 Å². The fraction of sp³-hybridized carbons (Fsp3) is 0.261. The van der Waals surface area contributed by atoms with Gasteiger partial charge in [-0.05, 0) is 45.0 Å². The second-order valence-corrected chi connectivity index (χ2v) is 7.76. The summed E-state index contributed by atoms with van der Waals surface area (Å²) in [6.07, 6.45) is -4.07. The number of esters is 1. The lowest BCUT2D eigenvalue weighted by Crippen LogP contribution is -2.19. The summed E-state index contributed by atoms with van der Waals surface area (Å²) in [5.74, 6) is -1.60. The Bertz CT molecular complexity index is 1450. The predicted molar refractivity (Wildman–Crippen MR) is 120 cm³/mol. The van der Waals surface area contributed by atoms with Crippen LogP contribution in [0.4, 0.5) is 18.9 Å². The van der Waals surface area contributed by atoms with Crippen LogP contribution in [0.3, 0.4) is 0 Å². The van der Waals surface area contributed by atoms with Crippen LogP contribution in [0.25, 0.3) is 16.7 Å². The van der Waals surface area contributed by atoms with Gasteiger partial charge in [0.05, 0.1) is 35.1 Å². The summed E-state index contributed by atoms with van der Waals surface area (Å²) >= 11 is 0. The minimum atomic E-state index is -4.88. The predicted octanol–water partition coefficient (Wildman–Crippen LogP) is 4.22.